The summed E-state index contributed by atoms with van der Waals surface area (Å²) in [4.78, 5) is 13.5. The van der Waals surface area contributed by atoms with E-state index in [0.29, 0.717) is 25.0 Å². The molecule has 0 bridgehead atoms. The Bertz CT molecular complexity index is 404. The van der Waals surface area contributed by atoms with Crippen molar-refractivity contribution >= 4 is 13.4 Å². The van der Waals surface area contributed by atoms with Crippen molar-refractivity contribution in [1.82, 2.24) is 4.90 Å². The summed E-state index contributed by atoms with van der Waals surface area (Å²) in [5.41, 5.74) is 6.90. The highest BCUT2D eigenvalue weighted by Crippen LogP contribution is 2.14. The van der Waals surface area contributed by atoms with Crippen molar-refractivity contribution in [3.05, 3.63) is 35.4 Å². The Morgan fingerprint density at radius 3 is 2.67 bits per heavy atom. The van der Waals surface area contributed by atoms with Crippen LogP contribution in [-0.2, 0) is 11.0 Å². The first-order chi connectivity index (χ1) is 8.70. The van der Waals surface area contributed by atoms with Gasteiger partial charge in [0.25, 0.3) is 13.4 Å². The lowest BCUT2D eigenvalue weighted by Crippen LogP contribution is -2.53. The van der Waals surface area contributed by atoms with E-state index in [0.717, 1.165) is 5.56 Å². The van der Waals surface area contributed by atoms with E-state index in [1.807, 2.05) is 12.1 Å². The number of hydrogen-bond acceptors (Lipinski definition) is 4. The summed E-state index contributed by atoms with van der Waals surface area (Å²) in [7, 11) is 1.64. The fourth-order valence-electron chi connectivity index (χ4n) is 1.81. The van der Waals surface area contributed by atoms with Crippen molar-refractivity contribution in [3.8, 4) is 0 Å². The van der Waals surface area contributed by atoms with Gasteiger partial charge in [-0.2, -0.15) is 0 Å². The minimum Gasteiger partial charge on any atom is -0.428 e. The molecule has 1 aromatic carbocycles. The lowest BCUT2D eigenvalue weighted by atomic mass is 9.89. The number of hydrogen-bond donors (Lipinski definition) is 2. The summed E-state index contributed by atoms with van der Waals surface area (Å²) in [6.07, 6.45) is 0.296. The predicted molar refractivity (Wildman–Crippen MR) is 67.9 cm³/mol. The summed E-state index contributed by atoms with van der Waals surface area (Å²) in [5.74, 6) is -0.0333. The lowest BCUT2D eigenvalue weighted by Gasteiger charge is -2.35. The van der Waals surface area contributed by atoms with Crippen LogP contribution in [0.1, 0.15) is 15.9 Å². The molecule has 1 fully saturated rings. The topological polar surface area (TPSA) is 75.8 Å². The Balaban J connectivity index is 1.89. The van der Waals surface area contributed by atoms with Gasteiger partial charge in [0, 0.05) is 18.7 Å². The van der Waals surface area contributed by atoms with E-state index >= 15 is 0 Å². The quantitative estimate of drug-likeness (QED) is 0.420. The molecule has 6 heteroatoms. The maximum Gasteiger partial charge on any atom is 0.298 e. The number of nitrogens with zero attached hydrogens (tertiary/aromatic N) is 1. The number of carbonyl (C=O) groups excluding carboxylic acids is 1. The molecule has 0 unspecified atom stereocenters. The molecule has 1 saturated heterocycles. The van der Waals surface area contributed by atoms with Crippen molar-refractivity contribution < 1.29 is 14.6 Å². The average Bonchev–Trinajstić information content (AvgIpc) is 2.35. The van der Waals surface area contributed by atoms with Crippen molar-refractivity contribution in [1.29, 1.82) is 0 Å². The third kappa shape index (κ3) is 3.10. The maximum atomic E-state index is 11.9. The monoisotopic (exact) mass is 247 g/mol. The van der Waals surface area contributed by atoms with Crippen LogP contribution in [-0.4, -0.2) is 49.3 Å². The lowest BCUT2D eigenvalue weighted by molar-refractivity contribution is 0.00589. The largest absolute Gasteiger partial charge is 0.428 e. The van der Waals surface area contributed by atoms with Crippen LogP contribution in [0.5, 0.6) is 0 Å². The number of aliphatic hydroxyl groups excluding tert-OH is 1. The molecule has 0 atom stereocenters. The van der Waals surface area contributed by atoms with Gasteiger partial charge >= 0.3 is 0 Å². The van der Waals surface area contributed by atoms with Crippen LogP contribution in [0.25, 0.3) is 0 Å². The number of β-amino-alcohol motifs (C(OH)–C–C–N with tert-alkyl or cyclic N) is 1. The Labute approximate surface area is 107 Å². The fraction of sp³-hybridized carbons (Fsp3) is 0.417. The summed E-state index contributed by atoms with van der Waals surface area (Å²) < 4.78 is 4.94. The Morgan fingerprint density at radius 2 is 2.11 bits per heavy atom. The Morgan fingerprint density at radius 1 is 1.44 bits per heavy atom. The van der Waals surface area contributed by atoms with Crippen LogP contribution in [0, 0.1) is 0 Å². The van der Waals surface area contributed by atoms with E-state index in [-0.39, 0.29) is 18.7 Å². The minimum absolute atomic E-state index is 0.0333. The first kappa shape index (κ1) is 13.1. The molecule has 5 nitrogen and oxygen atoms in total. The van der Waals surface area contributed by atoms with Crippen LogP contribution < -0.4 is 5.73 Å². The van der Waals surface area contributed by atoms with Crippen LogP contribution in [0.2, 0.25) is 0 Å². The van der Waals surface area contributed by atoms with Gasteiger partial charge in [-0.15, -0.1) is 0 Å². The van der Waals surface area contributed by atoms with Gasteiger partial charge in [-0.05, 0) is 18.5 Å². The summed E-state index contributed by atoms with van der Waals surface area (Å²) in [6.45, 7) is 1.03. The number of benzene rings is 1. The summed E-state index contributed by atoms with van der Waals surface area (Å²) >= 11 is 0. The van der Waals surface area contributed by atoms with E-state index in [4.69, 9.17) is 15.5 Å². The smallest absolute Gasteiger partial charge is 0.298 e. The third-order valence-corrected chi connectivity index (χ3v) is 2.88. The zero-order chi connectivity index (χ0) is 13.0. The molecule has 2 rings (SSSR count). The zero-order valence-corrected chi connectivity index (χ0v) is 10.1. The highest BCUT2D eigenvalue weighted by Gasteiger charge is 2.29. The van der Waals surface area contributed by atoms with E-state index in [2.05, 4.69) is 0 Å². The predicted octanol–water partition coefficient (Wildman–Crippen LogP) is -0.445. The number of aliphatic hydroxyl groups is 1. The highest BCUT2D eigenvalue weighted by molar-refractivity contribution is 6.26. The molecule has 95 valence electrons. The maximum absolute atomic E-state index is 11.9. The van der Waals surface area contributed by atoms with Gasteiger partial charge in [0.15, 0.2) is 0 Å². The van der Waals surface area contributed by atoms with Gasteiger partial charge in [-0.1, -0.05) is 17.7 Å². The molecule has 0 saturated carbocycles. The molecule has 3 N–H and O–H groups in total. The Kier molecular flexibility index (Phi) is 4.35. The first-order valence-electron chi connectivity index (χ1n) is 5.90. The van der Waals surface area contributed by atoms with E-state index in [9.17, 15) is 4.79 Å². The van der Waals surface area contributed by atoms with Crippen LogP contribution >= 0.6 is 0 Å². The van der Waals surface area contributed by atoms with Crippen LogP contribution in [0.3, 0.4) is 0 Å². The van der Waals surface area contributed by atoms with Crippen molar-refractivity contribution in [2.24, 2.45) is 5.73 Å². The zero-order valence-electron chi connectivity index (χ0n) is 10.1. The molecular weight excluding hydrogens is 231 g/mol. The van der Waals surface area contributed by atoms with Crippen LogP contribution in [0.4, 0.5) is 0 Å². The molecule has 1 heterocycles. The molecule has 0 aromatic heterocycles. The van der Waals surface area contributed by atoms with Gasteiger partial charge in [0.2, 0.25) is 0 Å². The normalized spacial score (nSPS) is 15.3. The molecule has 0 spiro atoms. The SMILES string of the molecule is NCO[B]Cc1ccc(C(=O)N2CC(O)C2)cc1. The van der Waals surface area contributed by atoms with E-state index in [1.165, 1.54) is 0 Å². The van der Waals surface area contributed by atoms with Gasteiger partial charge < -0.3 is 20.4 Å². The van der Waals surface area contributed by atoms with Crippen molar-refractivity contribution in [3.63, 3.8) is 0 Å². The number of likely N-dealkylation sites (tertiary alicyclic amines) is 1. The average molecular weight is 247 g/mol. The van der Waals surface area contributed by atoms with Crippen molar-refractivity contribution in [2.75, 3.05) is 19.8 Å². The number of amides is 1. The minimum atomic E-state index is -0.365. The van der Waals surface area contributed by atoms with E-state index in [1.54, 1.807) is 24.5 Å². The second kappa shape index (κ2) is 5.99. The fourth-order valence-corrected chi connectivity index (χ4v) is 1.81. The molecule has 0 aliphatic carbocycles. The van der Waals surface area contributed by atoms with Gasteiger partial charge in [-0.25, -0.2) is 0 Å². The van der Waals surface area contributed by atoms with Crippen LogP contribution in [0.15, 0.2) is 24.3 Å². The van der Waals surface area contributed by atoms with Gasteiger partial charge in [0.1, 0.15) is 0 Å². The molecule has 1 radical (unpaired) electrons. The second-order valence-corrected chi connectivity index (χ2v) is 4.27. The molecular formula is C12H16BN2O3. The first-order valence-corrected chi connectivity index (χ1v) is 5.90. The number of carbonyl (C=O) groups is 1. The number of nitrogens with two attached hydrogens (primary N) is 1. The Hall–Kier alpha value is -1.37. The van der Waals surface area contributed by atoms with Gasteiger partial charge in [-0.3, -0.25) is 4.79 Å². The summed E-state index contributed by atoms with van der Waals surface area (Å²) in [6, 6.07) is 7.36. The van der Waals surface area contributed by atoms with Gasteiger partial charge in [0.05, 0.1) is 12.8 Å². The standard InChI is InChI=1S/C12H16BN2O3/c14-8-18-13-5-9-1-3-10(4-2-9)12(17)15-6-11(16)7-15/h1-4,11,16H,5-8,14H2. The molecule has 18 heavy (non-hydrogen) atoms. The second-order valence-electron chi connectivity index (χ2n) is 4.27. The van der Waals surface area contributed by atoms with Crippen molar-refractivity contribution in [2.45, 2.75) is 12.4 Å². The molecule has 1 amide bonds. The highest BCUT2D eigenvalue weighted by atomic mass is 16.4. The van der Waals surface area contributed by atoms with E-state index < -0.39 is 0 Å². The number of rotatable bonds is 5. The molecule has 1 aromatic rings. The summed E-state index contributed by atoms with van der Waals surface area (Å²) in [5, 5.41) is 9.16. The molecule has 1 aliphatic heterocycles. The molecule has 1 aliphatic rings. The third-order valence-electron chi connectivity index (χ3n) is 2.88.